The van der Waals surface area contributed by atoms with Gasteiger partial charge in [0.2, 0.25) is 0 Å². The monoisotopic (exact) mass is 383 g/mol. The number of hydrogen-bond acceptors (Lipinski definition) is 2. The van der Waals surface area contributed by atoms with Gasteiger partial charge >= 0.3 is 0 Å². The zero-order chi connectivity index (χ0) is 12.8. The van der Waals surface area contributed by atoms with Crippen molar-refractivity contribution < 1.29 is 9.53 Å². The molecule has 1 unspecified atom stereocenters. The molecule has 0 aliphatic rings. The normalized spacial score (nSPS) is 12.2. The van der Waals surface area contributed by atoms with E-state index in [1.807, 2.05) is 0 Å². The number of hydrogen-bond donors (Lipinski definition) is 1. The maximum Gasteiger partial charge on any atom is 0.251 e. The maximum absolute atomic E-state index is 11.8. The highest BCUT2D eigenvalue weighted by molar-refractivity contribution is 9.10. The molecule has 0 fully saturated rings. The van der Waals surface area contributed by atoms with Crippen LogP contribution in [0.2, 0.25) is 5.02 Å². The van der Waals surface area contributed by atoms with Gasteiger partial charge in [0, 0.05) is 23.7 Å². The van der Waals surface area contributed by atoms with Crippen molar-refractivity contribution in [3.8, 4) is 0 Å². The fraction of sp³-hybridized carbons (Fsp3) is 0.364. The van der Waals surface area contributed by atoms with Crippen LogP contribution in [0, 0.1) is 0 Å². The topological polar surface area (TPSA) is 38.3 Å². The Morgan fingerprint density at radius 1 is 1.59 bits per heavy atom. The minimum atomic E-state index is -0.136. The van der Waals surface area contributed by atoms with E-state index in [-0.39, 0.29) is 10.7 Å². The van der Waals surface area contributed by atoms with Crippen LogP contribution in [0.3, 0.4) is 0 Å². The van der Waals surface area contributed by atoms with E-state index < -0.39 is 0 Å². The molecule has 94 valence electrons. The zero-order valence-corrected chi connectivity index (χ0v) is 13.1. The fourth-order valence-electron chi connectivity index (χ4n) is 1.18. The highest BCUT2D eigenvalue weighted by Crippen LogP contribution is 2.23. The van der Waals surface area contributed by atoms with Gasteiger partial charge in [-0.05, 0) is 34.1 Å². The van der Waals surface area contributed by atoms with Gasteiger partial charge in [-0.2, -0.15) is 0 Å². The largest absolute Gasteiger partial charge is 0.383 e. The Labute approximate surface area is 122 Å². The molecule has 3 nitrogen and oxygen atoms in total. The van der Waals surface area contributed by atoms with E-state index in [0.29, 0.717) is 28.2 Å². The molecule has 0 spiro atoms. The van der Waals surface area contributed by atoms with Gasteiger partial charge in [0.15, 0.2) is 0 Å². The van der Waals surface area contributed by atoms with Crippen LogP contribution < -0.4 is 5.32 Å². The summed E-state index contributed by atoms with van der Waals surface area (Å²) in [6, 6.07) is 5.06. The maximum atomic E-state index is 11.8. The molecule has 0 radical (unpaired) electrons. The van der Waals surface area contributed by atoms with E-state index in [9.17, 15) is 4.79 Å². The number of halogens is 3. The predicted octanol–water partition coefficient (Wildman–Crippen LogP) is 3.24. The molecular formula is C11H12Br2ClNO2. The SMILES string of the molecule is COCC(Br)CNC(=O)c1ccc(Cl)c(Br)c1. The third-order valence-corrected chi connectivity index (χ3v) is 3.82. The van der Waals surface area contributed by atoms with Crippen LogP contribution >= 0.6 is 43.5 Å². The number of rotatable bonds is 5. The average Bonchev–Trinajstić information content (AvgIpc) is 2.30. The van der Waals surface area contributed by atoms with E-state index in [1.54, 1.807) is 25.3 Å². The van der Waals surface area contributed by atoms with Gasteiger partial charge in [-0.25, -0.2) is 0 Å². The second-order valence-electron chi connectivity index (χ2n) is 3.39. The molecule has 0 heterocycles. The van der Waals surface area contributed by atoms with Crippen LogP contribution in [0.5, 0.6) is 0 Å². The molecule has 0 saturated heterocycles. The highest BCUT2D eigenvalue weighted by Gasteiger charge is 2.10. The summed E-state index contributed by atoms with van der Waals surface area (Å²) in [5.41, 5.74) is 0.568. The van der Waals surface area contributed by atoms with Crippen LogP contribution in [-0.4, -0.2) is 31.0 Å². The van der Waals surface area contributed by atoms with Crippen LogP contribution in [0.25, 0.3) is 0 Å². The lowest BCUT2D eigenvalue weighted by Gasteiger charge is -2.10. The molecule has 0 aromatic heterocycles. The lowest BCUT2D eigenvalue weighted by Crippen LogP contribution is -2.31. The summed E-state index contributed by atoms with van der Waals surface area (Å²) in [5, 5.41) is 3.38. The number of amides is 1. The minimum Gasteiger partial charge on any atom is -0.383 e. The summed E-state index contributed by atoms with van der Waals surface area (Å²) in [6.07, 6.45) is 0. The first-order chi connectivity index (χ1) is 8.04. The van der Waals surface area contributed by atoms with Crippen LogP contribution in [0.4, 0.5) is 0 Å². The van der Waals surface area contributed by atoms with Crippen LogP contribution in [-0.2, 0) is 4.74 Å². The van der Waals surface area contributed by atoms with Crippen LogP contribution in [0.15, 0.2) is 22.7 Å². The van der Waals surface area contributed by atoms with Crippen LogP contribution in [0.1, 0.15) is 10.4 Å². The molecular weight excluding hydrogens is 373 g/mol. The van der Waals surface area contributed by atoms with Gasteiger partial charge < -0.3 is 10.1 Å². The third-order valence-electron chi connectivity index (χ3n) is 2.01. The number of alkyl halides is 1. The number of nitrogens with one attached hydrogen (secondary N) is 1. The van der Waals surface area contributed by atoms with Gasteiger partial charge in [-0.15, -0.1) is 0 Å². The first kappa shape index (κ1) is 15.0. The summed E-state index contributed by atoms with van der Waals surface area (Å²) >= 11 is 12.5. The molecule has 0 aliphatic carbocycles. The van der Waals surface area contributed by atoms with Crippen molar-refractivity contribution in [3.63, 3.8) is 0 Å². The molecule has 0 aliphatic heterocycles. The van der Waals surface area contributed by atoms with E-state index in [0.717, 1.165) is 0 Å². The Hall–Kier alpha value is -0.100. The van der Waals surface area contributed by atoms with Crippen molar-refractivity contribution in [3.05, 3.63) is 33.3 Å². The van der Waals surface area contributed by atoms with Gasteiger partial charge in [-0.3, -0.25) is 4.79 Å². The summed E-state index contributed by atoms with van der Waals surface area (Å²) < 4.78 is 5.66. The quantitative estimate of drug-likeness (QED) is 0.791. The predicted molar refractivity (Wildman–Crippen MR) is 76.1 cm³/mol. The molecule has 1 atom stereocenters. The Kier molecular flexibility index (Phi) is 6.48. The average molecular weight is 385 g/mol. The molecule has 1 aromatic rings. The first-order valence-electron chi connectivity index (χ1n) is 4.91. The minimum absolute atomic E-state index is 0.104. The first-order valence-corrected chi connectivity index (χ1v) is 6.99. The molecule has 1 aromatic carbocycles. The Morgan fingerprint density at radius 3 is 2.88 bits per heavy atom. The van der Waals surface area contributed by atoms with Gasteiger partial charge in [0.25, 0.3) is 5.91 Å². The molecule has 1 rings (SSSR count). The number of methoxy groups -OCH3 is 1. The van der Waals surface area contributed by atoms with Crippen molar-refractivity contribution in [1.29, 1.82) is 0 Å². The molecule has 1 N–H and O–H groups in total. The number of carbonyl (C=O) groups excluding carboxylic acids is 1. The lowest BCUT2D eigenvalue weighted by atomic mass is 10.2. The number of benzene rings is 1. The van der Waals surface area contributed by atoms with Crippen molar-refractivity contribution in [2.75, 3.05) is 20.3 Å². The number of ether oxygens (including phenoxy) is 1. The van der Waals surface area contributed by atoms with Gasteiger partial charge in [-0.1, -0.05) is 27.5 Å². The second kappa shape index (κ2) is 7.36. The molecule has 0 saturated carbocycles. The molecule has 0 bridgehead atoms. The number of carbonyl (C=O) groups is 1. The summed E-state index contributed by atoms with van der Waals surface area (Å²) in [7, 11) is 1.62. The Balaban J connectivity index is 2.55. The Morgan fingerprint density at radius 2 is 2.29 bits per heavy atom. The standard InChI is InChI=1S/C11H12Br2ClNO2/c1-17-6-8(12)5-15-11(16)7-2-3-10(14)9(13)4-7/h2-4,8H,5-6H2,1H3,(H,15,16). The zero-order valence-electron chi connectivity index (χ0n) is 9.17. The summed E-state index contributed by atoms with van der Waals surface area (Å²) in [5.74, 6) is -0.136. The van der Waals surface area contributed by atoms with E-state index in [4.69, 9.17) is 16.3 Å². The summed E-state index contributed by atoms with van der Waals surface area (Å²) in [4.78, 5) is 11.9. The van der Waals surface area contributed by atoms with Crippen molar-refractivity contribution in [2.24, 2.45) is 0 Å². The van der Waals surface area contributed by atoms with E-state index in [1.165, 1.54) is 0 Å². The fourth-order valence-corrected chi connectivity index (χ4v) is 2.11. The lowest BCUT2D eigenvalue weighted by molar-refractivity contribution is 0.0950. The van der Waals surface area contributed by atoms with Crippen molar-refractivity contribution >= 4 is 49.4 Å². The van der Waals surface area contributed by atoms with Crippen molar-refractivity contribution in [2.45, 2.75) is 4.83 Å². The Bertz CT molecular complexity index is 401. The van der Waals surface area contributed by atoms with Gasteiger partial charge in [0.1, 0.15) is 0 Å². The van der Waals surface area contributed by atoms with Gasteiger partial charge in [0.05, 0.1) is 16.5 Å². The molecule has 6 heteroatoms. The smallest absolute Gasteiger partial charge is 0.251 e. The molecule has 1 amide bonds. The van der Waals surface area contributed by atoms with E-state index >= 15 is 0 Å². The summed E-state index contributed by atoms with van der Waals surface area (Å²) in [6.45, 7) is 1.05. The van der Waals surface area contributed by atoms with E-state index in [2.05, 4.69) is 37.2 Å². The second-order valence-corrected chi connectivity index (χ2v) is 5.95. The highest BCUT2D eigenvalue weighted by atomic mass is 79.9. The third kappa shape index (κ3) is 4.95. The molecule has 17 heavy (non-hydrogen) atoms. The van der Waals surface area contributed by atoms with Crippen molar-refractivity contribution in [1.82, 2.24) is 5.32 Å².